The molecule has 0 N–H and O–H groups in total. The number of carbonyl (C=O) groups excluding carboxylic acids is 1. The Bertz CT molecular complexity index is 505. The Kier molecular flexibility index (Phi) is 4.10. The Morgan fingerprint density at radius 1 is 1.33 bits per heavy atom. The Morgan fingerprint density at radius 3 is 2.81 bits per heavy atom. The van der Waals surface area contributed by atoms with Gasteiger partial charge in [-0.25, -0.2) is 4.39 Å². The van der Waals surface area contributed by atoms with Crippen LogP contribution >= 0.6 is 0 Å². The topological polar surface area (TPSA) is 38.8 Å². The molecule has 2 fully saturated rings. The molecule has 1 amide bonds. The van der Waals surface area contributed by atoms with Crippen molar-refractivity contribution in [1.29, 1.82) is 0 Å². The van der Waals surface area contributed by atoms with Crippen molar-refractivity contribution in [2.45, 2.75) is 31.3 Å². The molecule has 4 nitrogen and oxygen atoms in total. The highest BCUT2D eigenvalue weighted by molar-refractivity contribution is 5.78. The molecule has 2 aliphatic rings. The molecule has 3 rings (SSSR count). The lowest BCUT2D eigenvalue weighted by atomic mass is 9.99. The summed E-state index contributed by atoms with van der Waals surface area (Å²) in [6, 6.07) is 6.43. The first-order chi connectivity index (χ1) is 10.2. The van der Waals surface area contributed by atoms with Crippen molar-refractivity contribution in [1.82, 2.24) is 4.90 Å². The molecule has 2 bridgehead atoms. The zero-order valence-corrected chi connectivity index (χ0v) is 12.1. The molecule has 21 heavy (non-hydrogen) atoms. The second kappa shape index (κ2) is 6.02. The molecule has 0 aromatic heterocycles. The van der Waals surface area contributed by atoms with Crippen LogP contribution < -0.4 is 4.74 Å². The van der Waals surface area contributed by atoms with Gasteiger partial charge in [0.2, 0.25) is 5.91 Å². The lowest BCUT2D eigenvalue weighted by molar-refractivity contribution is -0.140. The van der Waals surface area contributed by atoms with Crippen molar-refractivity contribution in [3.8, 4) is 5.75 Å². The maximum absolute atomic E-state index is 12.9. The number of carbonyl (C=O) groups is 1. The number of hydrogen-bond acceptors (Lipinski definition) is 3. The highest BCUT2D eigenvalue weighted by Crippen LogP contribution is 2.42. The van der Waals surface area contributed by atoms with Crippen molar-refractivity contribution in [2.75, 3.05) is 20.3 Å². The second-order valence-electron chi connectivity index (χ2n) is 5.79. The van der Waals surface area contributed by atoms with Gasteiger partial charge in [-0.05, 0) is 49.4 Å². The quantitative estimate of drug-likeness (QED) is 0.835. The third-order valence-corrected chi connectivity index (χ3v) is 4.53. The summed E-state index contributed by atoms with van der Waals surface area (Å²) in [6.07, 6.45) is 3.29. The number of hydrogen-bond donors (Lipinski definition) is 0. The van der Waals surface area contributed by atoms with E-state index >= 15 is 0 Å². The Balaban J connectivity index is 1.65. The number of methoxy groups -OCH3 is 1. The minimum atomic E-state index is -0.279. The Labute approximate surface area is 123 Å². The van der Waals surface area contributed by atoms with Crippen LogP contribution in [0.5, 0.6) is 5.75 Å². The summed E-state index contributed by atoms with van der Waals surface area (Å²) < 4.78 is 23.6. The maximum Gasteiger partial charge on any atom is 0.249 e. The smallest absolute Gasteiger partial charge is 0.249 e. The molecule has 1 saturated heterocycles. The number of benzene rings is 1. The number of halogens is 1. The normalized spacial score (nSPS) is 27.1. The first kappa shape index (κ1) is 14.3. The van der Waals surface area contributed by atoms with Gasteiger partial charge in [-0.15, -0.1) is 0 Å². The zero-order chi connectivity index (χ0) is 14.8. The van der Waals surface area contributed by atoms with Crippen molar-refractivity contribution < 1.29 is 18.7 Å². The molecule has 2 unspecified atom stereocenters. The van der Waals surface area contributed by atoms with E-state index in [0.717, 1.165) is 19.3 Å². The lowest BCUT2D eigenvalue weighted by Crippen LogP contribution is -2.49. The number of likely N-dealkylation sites (tertiary alicyclic amines) is 1. The van der Waals surface area contributed by atoms with E-state index in [2.05, 4.69) is 0 Å². The van der Waals surface area contributed by atoms with E-state index in [1.54, 1.807) is 12.1 Å². The molecule has 1 aromatic rings. The molecule has 5 heteroatoms. The van der Waals surface area contributed by atoms with Gasteiger partial charge in [-0.2, -0.15) is 0 Å². The van der Waals surface area contributed by atoms with Gasteiger partial charge >= 0.3 is 0 Å². The van der Waals surface area contributed by atoms with E-state index in [1.165, 1.54) is 19.2 Å². The van der Waals surface area contributed by atoms with Gasteiger partial charge in [0.1, 0.15) is 24.8 Å². The van der Waals surface area contributed by atoms with E-state index in [4.69, 9.17) is 9.47 Å². The van der Waals surface area contributed by atoms with Crippen LogP contribution in [0.25, 0.3) is 0 Å². The molecule has 1 heterocycles. The van der Waals surface area contributed by atoms with Crippen LogP contribution in [0.4, 0.5) is 4.39 Å². The number of amides is 1. The van der Waals surface area contributed by atoms with Crippen LogP contribution in [0.15, 0.2) is 24.3 Å². The predicted molar refractivity (Wildman–Crippen MR) is 75.5 cm³/mol. The van der Waals surface area contributed by atoms with Gasteiger partial charge in [-0.3, -0.25) is 4.79 Å². The lowest BCUT2D eigenvalue weighted by Gasteiger charge is -2.35. The highest BCUT2D eigenvalue weighted by atomic mass is 19.1. The fraction of sp³-hybridized carbons (Fsp3) is 0.562. The highest BCUT2D eigenvalue weighted by Gasteiger charge is 2.48. The summed E-state index contributed by atoms with van der Waals surface area (Å²) in [5, 5.41) is 0. The minimum Gasteiger partial charge on any atom is -0.491 e. The SMILES string of the molecule is COCC(=O)N1C2CCC(C2)[C@@H]1COc1ccc(F)cc1. The number of piperidine rings is 1. The molecule has 1 saturated carbocycles. The van der Waals surface area contributed by atoms with E-state index < -0.39 is 0 Å². The maximum atomic E-state index is 12.9. The van der Waals surface area contributed by atoms with Crippen molar-refractivity contribution in [2.24, 2.45) is 5.92 Å². The number of nitrogens with zero attached hydrogens (tertiary/aromatic N) is 1. The summed E-state index contributed by atoms with van der Waals surface area (Å²) in [6.45, 7) is 0.582. The van der Waals surface area contributed by atoms with Gasteiger partial charge in [0.25, 0.3) is 0 Å². The molecule has 1 aliphatic carbocycles. The molecule has 0 spiro atoms. The van der Waals surface area contributed by atoms with Crippen LogP contribution in [-0.2, 0) is 9.53 Å². The van der Waals surface area contributed by atoms with Crippen LogP contribution in [0.3, 0.4) is 0 Å². The molecular weight excluding hydrogens is 273 g/mol. The van der Waals surface area contributed by atoms with Crippen LogP contribution in [0.2, 0.25) is 0 Å². The fourth-order valence-corrected chi connectivity index (χ4v) is 3.61. The molecule has 1 aliphatic heterocycles. The monoisotopic (exact) mass is 293 g/mol. The molecule has 3 atom stereocenters. The first-order valence-corrected chi connectivity index (χ1v) is 7.37. The van der Waals surface area contributed by atoms with E-state index in [0.29, 0.717) is 24.3 Å². The third-order valence-electron chi connectivity index (χ3n) is 4.53. The van der Waals surface area contributed by atoms with E-state index in [-0.39, 0.29) is 24.4 Å². The molecular formula is C16H20FNO3. The minimum absolute atomic E-state index is 0.0393. The van der Waals surface area contributed by atoms with Crippen molar-refractivity contribution >= 4 is 5.91 Å². The number of fused-ring (bicyclic) bond motifs is 2. The zero-order valence-electron chi connectivity index (χ0n) is 12.1. The first-order valence-electron chi connectivity index (χ1n) is 7.37. The summed E-state index contributed by atoms with van der Waals surface area (Å²) in [7, 11) is 1.54. The average Bonchev–Trinajstić information content (AvgIpc) is 3.07. The summed E-state index contributed by atoms with van der Waals surface area (Å²) in [4.78, 5) is 14.1. The third kappa shape index (κ3) is 2.88. The standard InChI is InChI=1S/C16H20FNO3/c1-20-10-16(19)18-13-5-2-11(8-13)15(18)9-21-14-6-3-12(17)4-7-14/h3-4,6-7,11,13,15H,2,5,8-10H2,1H3/t11?,13?,15-/m0/s1. The van der Waals surface area contributed by atoms with Crippen molar-refractivity contribution in [3.63, 3.8) is 0 Å². The fourth-order valence-electron chi connectivity index (χ4n) is 3.61. The number of rotatable bonds is 5. The summed E-state index contributed by atoms with van der Waals surface area (Å²) >= 11 is 0. The average molecular weight is 293 g/mol. The number of ether oxygens (including phenoxy) is 2. The van der Waals surface area contributed by atoms with Crippen LogP contribution in [0, 0.1) is 11.7 Å². The van der Waals surface area contributed by atoms with Gasteiger partial charge in [0.05, 0.1) is 6.04 Å². The second-order valence-corrected chi connectivity index (χ2v) is 5.79. The Hall–Kier alpha value is -1.62. The Morgan fingerprint density at radius 2 is 2.10 bits per heavy atom. The molecule has 1 aromatic carbocycles. The predicted octanol–water partition coefficient (Wildman–Crippen LogP) is 2.23. The van der Waals surface area contributed by atoms with Gasteiger partial charge in [0, 0.05) is 13.2 Å². The van der Waals surface area contributed by atoms with Crippen LogP contribution in [0.1, 0.15) is 19.3 Å². The van der Waals surface area contributed by atoms with Crippen molar-refractivity contribution in [3.05, 3.63) is 30.1 Å². The van der Waals surface area contributed by atoms with E-state index in [1.807, 2.05) is 4.90 Å². The molecule has 0 radical (unpaired) electrons. The molecule has 114 valence electrons. The van der Waals surface area contributed by atoms with E-state index in [9.17, 15) is 9.18 Å². The van der Waals surface area contributed by atoms with Gasteiger partial charge < -0.3 is 14.4 Å². The van der Waals surface area contributed by atoms with Gasteiger partial charge in [0.15, 0.2) is 0 Å². The van der Waals surface area contributed by atoms with Gasteiger partial charge in [-0.1, -0.05) is 0 Å². The largest absolute Gasteiger partial charge is 0.491 e. The van der Waals surface area contributed by atoms with Crippen LogP contribution in [-0.4, -0.2) is 43.2 Å². The summed E-state index contributed by atoms with van der Waals surface area (Å²) in [5.74, 6) is 0.908. The summed E-state index contributed by atoms with van der Waals surface area (Å²) in [5.41, 5.74) is 0.